The topological polar surface area (TPSA) is 60.8 Å². The van der Waals surface area contributed by atoms with Gasteiger partial charge in [-0.1, -0.05) is 54.9 Å². The Bertz CT molecular complexity index is 934. The quantitative estimate of drug-likeness (QED) is 0.568. The summed E-state index contributed by atoms with van der Waals surface area (Å²) in [6.07, 6.45) is -0.262. The maximum absolute atomic E-state index is 13.6. The number of aliphatic hydroxyl groups is 1. The number of nitrogens with zero attached hydrogens (tertiary/aromatic N) is 1. The molecule has 2 aromatic rings. The minimum Gasteiger partial charge on any atom is -0.465 e. The van der Waals surface area contributed by atoms with Crippen LogP contribution in [0.15, 0.2) is 40.9 Å². The number of hydrogen-bond acceptors (Lipinski definition) is 2. The first-order valence-electron chi connectivity index (χ1n) is 9.69. The van der Waals surface area contributed by atoms with E-state index in [4.69, 9.17) is 0 Å². The van der Waals surface area contributed by atoms with Crippen LogP contribution in [-0.2, 0) is 6.54 Å². The molecule has 1 aliphatic rings. The average Bonchev–Trinajstić information content (AvgIpc) is 3.43. The van der Waals surface area contributed by atoms with E-state index in [1.807, 2.05) is 19.1 Å². The second-order valence-corrected chi connectivity index (χ2v) is 9.75. The van der Waals surface area contributed by atoms with Gasteiger partial charge in [0, 0.05) is 11.0 Å². The molecule has 156 valence electrons. The van der Waals surface area contributed by atoms with Crippen molar-refractivity contribution in [3.8, 4) is 0 Å². The van der Waals surface area contributed by atoms with E-state index in [-0.39, 0.29) is 17.5 Å². The van der Waals surface area contributed by atoms with E-state index in [9.17, 15) is 19.4 Å². The molecule has 0 heterocycles. The van der Waals surface area contributed by atoms with Crippen molar-refractivity contribution in [2.24, 2.45) is 5.41 Å². The highest BCUT2D eigenvalue weighted by Gasteiger charge is 2.57. The minimum atomic E-state index is -1.00. The summed E-state index contributed by atoms with van der Waals surface area (Å²) < 4.78 is 14.4. The Morgan fingerprint density at radius 1 is 1.28 bits per heavy atom. The number of amides is 1. The number of hydrogen-bond donors (Lipinski definition) is 2. The summed E-state index contributed by atoms with van der Waals surface area (Å²) in [4.78, 5) is 13.6. The van der Waals surface area contributed by atoms with Gasteiger partial charge < -0.3 is 10.2 Å². The number of aliphatic hydroxyl groups excluding tert-OH is 1. The zero-order valence-electron chi connectivity index (χ0n) is 17.2. The Kier molecular flexibility index (Phi) is 5.80. The standard InChI is InChI=1S/C23H27BrFNO3/c1-14-18(20(27)16-6-5-7-17(25)12-16)10-15(11-19(14)24)13-26(21(28)29)23(8-9-23)22(2,3)4/h5-7,10-12,20,27H,8-9,13H2,1-4H3,(H,28,29). The lowest BCUT2D eigenvalue weighted by Crippen LogP contribution is -2.48. The van der Waals surface area contributed by atoms with Crippen LogP contribution in [0.5, 0.6) is 0 Å². The Hall–Kier alpha value is -1.92. The molecule has 0 aliphatic heterocycles. The molecule has 6 heteroatoms. The molecule has 0 spiro atoms. The number of benzene rings is 2. The Labute approximate surface area is 179 Å². The van der Waals surface area contributed by atoms with Crippen LogP contribution in [0.2, 0.25) is 0 Å². The summed E-state index contributed by atoms with van der Waals surface area (Å²) in [6.45, 7) is 8.31. The molecular weight excluding hydrogens is 437 g/mol. The number of halogens is 2. The second-order valence-electron chi connectivity index (χ2n) is 8.90. The van der Waals surface area contributed by atoms with Crippen LogP contribution in [0.1, 0.15) is 62.0 Å². The predicted octanol–water partition coefficient (Wildman–Crippen LogP) is 6.04. The molecule has 0 saturated heterocycles. The van der Waals surface area contributed by atoms with Gasteiger partial charge in [-0.2, -0.15) is 0 Å². The highest BCUT2D eigenvalue weighted by molar-refractivity contribution is 9.10. The van der Waals surface area contributed by atoms with Gasteiger partial charge in [-0.25, -0.2) is 9.18 Å². The van der Waals surface area contributed by atoms with Crippen LogP contribution in [0.3, 0.4) is 0 Å². The summed E-state index contributed by atoms with van der Waals surface area (Å²) in [7, 11) is 0. The van der Waals surface area contributed by atoms with Gasteiger partial charge >= 0.3 is 6.09 Å². The molecule has 4 nitrogen and oxygen atoms in total. The maximum atomic E-state index is 13.6. The van der Waals surface area contributed by atoms with Crippen LogP contribution < -0.4 is 0 Å². The Morgan fingerprint density at radius 3 is 2.45 bits per heavy atom. The zero-order chi connectivity index (χ0) is 21.6. The van der Waals surface area contributed by atoms with Crippen LogP contribution in [-0.4, -0.2) is 26.7 Å². The summed E-state index contributed by atoms with van der Waals surface area (Å²) in [5, 5.41) is 20.8. The molecule has 3 rings (SSSR count). The summed E-state index contributed by atoms with van der Waals surface area (Å²) in [6, 6.07) is 9.61. The first-order chi connectivity index (χ1) is 13.5. The van der Waals surface area contributed by atoms with Crippen molar-refractivity contribution in [3.63, 3.8) is 0 Å². The van der Waals surface area contributed by atoms with E-state index < -0.39 is 18.0 Å². The lowest BCUT2D eigenvalue weighted by Gasteiger charge is -2.39. The van der Waals surface area contributed by atoms with Crippen molar-refractivity contribution >= 4 is 22.0 Å². The van der Waals surface area contributed by atoms with E-state index in [0.717, 1.165) is 28.4 Å². The monoisotopic (exact) mass is 463 g/mol. The molecule has 2 aromatic carbocycles. The van der Waals surface area contributed by atoms with Crippen LogP contribution in [0.4, 0.5) is 9.18 Å². The fourth-order valence-corrected chi connectivity index (χ4v) is 4.64. The molecule has 1 amide bonds. The van der Waals surface area contributed by atoms with E-state index >= 15 is 0 Å². The fourth-order valence-electron chi connectivity index (χ4n) is 4.12. The second kappa shape index (κ2) is 7.73. The molecule has 1 atom stereocenters. The van der Waals surface area contributed by atoms with Crippen LogP contribution in [0.25, 0.3) is 0 Å². The number of carboxylic acid groups (broad SMARTS) is 1. The SMILES string of the molecule is Cc1c(Br)cc(CN(C(=O)O)C2(C(C)(C)C)CC2)cc1C(O)c1cccc(F)c1. The third-order valence-electron chi connectivity index (χ3n) is 6.11. The largest absolute Gasteiger partial charge is 0.465 e. The summed E-state index contributed by atoms with van der Waals surface area (Å²) in [5.41, 5.74) is 2.16. The molecule has 1 aliphatic carbocycles. The molecule has 2 N–H and O–H groups in total. The van der Waals surface area contributed by atoms with Gasteiger partial charge in [-0.3, -0.25) is 4.90 Å². The Balaban J connectivity index is 1.98. The smallest absolute Gasteiger partial charge is 0.408 e. The van der Waals surface area contributed by atoms with E-state index in [1.165, 1.54) is 17.0 Å². The normalized spacial score (nSPS) is 16.4. The van der Waals surface area contributed by atoms with Gasteiger partial charge in [0.2, 0.25) is 0 Å². The highest BCUT2D eigenvalue weighted by atomic mass is 79.9. The van der Waals surface area contributed by atoms with Gasteiger partial charge in [-0.05, 0) is 65.6 Å². The molecular formula is C23H27BrFNO3. The first-order valence-corrected chi connectivity index (χ1v) is 10.5. The fraction of sp³-hybridized carbons (Fsp3) is 0.435. The summed E-state index contributed by atoms with van der Waals surface area (Å²) >= 11 is 3.53. The molecule has 0 aromatic heterocycles. The van der Waals surface area contributed by atoms with Gasteiger partial charge in [-0.15, -0.1) is 0 Å². The van der Waals surface area contributed by atoms with Gasteiger partial charge in [0.15, 0.2) is 0 Å². The third-order valence-corrected chi connectivity index (χ3v) is 6.93. The predicted molar refractivity (Wildman–Crippen MR) is 114 cm³/mol. The lowest BCUT2D eigenvalue weighted by atomic mass is 9.82. The van der Waals surface area contributed by atoms with Crippen molar-refractivity contribution in [3.05, 3.63) is 68.9 Å². The minimum absolute atomic E-state index is 0.169. The first kappa shape index (κ1) is 21.8. The van der Waals surface area contributed by atoms with E-state index in [0.29, 0.717) is 11.1 Å². The van der Waals surface area contributed by atoms with Crippen LogP contribution in [0, 0.1) is 18.2 Å². The molecule has 1 saturated carbocycles. The van der Waals surface area contributed by atoms with Crippen molar-refractivity contribution in [1.29, 1.82) is 0 Å². The number of carbonyl (C=O) groups is 1. The van der Waals surface area contributed by atoms with Crippen molar-refractivity contribution in [2.45, 2.75) is 58.7 Å². The lowest BCUT2D eigenvalue weighted by molar-refractivity contribution is 0.0630. The molecule has 0 radical (unpaired) electrons. The molecule has 0 bridgehead atoms. The average molecular weight is 464 g/mol. The molecule has 1 fully saturated rings. The van der Waals surface area contributed by atoms with Gasteiger partial charge in [0.25, 0.3) is 0 Å². The van der Waals surface area contributed by atoms with Crippen molar-refractivity contribution in [1.82, 2.24) is 4.90 Å². The van der Waals surface area contributed by atoms with Crippen molar-refractivity contribution in [2.75, 3.05) is 0 Å². The van der Waals surface area contributed by atoms with Gasteiger partial charge in [0.05, 0.1) is 5.54 Å². The highest BCUT2D eigenvalue weighted by Crippen LogP contribution is 2.54. The third kappa shape index (κ3) is 4.19. The molecule has 1 unspecified atom stereocenters. The Morgan fingerprint density at radius 2 is 1.93 bits per heavy atom. The number of rotatable bonds is 5. The van der Waals surface area contributed by atoms with Crippen molar-refractivity contribution < 1.29 is 19.4 Å². The summed E-state index contributed by atoms with van der Waals surface area (Å²) in [5.74, 6) is -0.410. The van der Waals surface area contributed by atoms with Gasteiger partial charge in [0.1, 0.15) is 11.9 Å². The van der Waals surface area contributed by atoms with Crippen LogP contribution >= 0.6 is 15.9 Å². The van der Waals surface area contributed by atoms with E-state index in [2.05, 4.69) is 36.7 Å². The maximum Gasteiger partial charge on any atom is 0.408 e. The zero-order valence-corrected chi connectivity index (χ0v) is 18.8. The van der Waals surface area contributed by atoms with E-state index in [1.54, 1.807) is 12.1 Å². The molecule has 29 heavy (non-hydrogen) atoms.